The van der Waals surface area contributed by atoms with Crippen LogP contribution < -0.4 is 10.7 Å². The molecule has 1 saturated carbocycles. The monoisotopic (exact) mass is 291 g/mol. The number of aryl methyl sites for hydroxylation is 1. The number of nitrogens with zero attached hydrogens (tertiary/aromatic N) is 2. The van der Waals surface area contributed by atoms with Crippen LogP contribution in [-0.4, -0.2) is 38.6 Å². The third kappa shape index (κ3) is 2.26. The van der Waals surface area contributed by atoms with Gasteiger partial charge in [-0.1, -0.05) is 19.3 Å². The van der Waals surface area contributed by atoms with Gasteiger partial charge in [0, 0.05) is 5.69 Å². The molecule has 112 valence electrons. The molecule has 0 bridgehead atoms. The van der Waals surface area contributed by atoms with Gasteiger partial charge in [0.2, 0.25) is 0 Å². The van der Waals surface area contributed by atoms with Gasteiger partial charge in [-0.2, -0.15) is 10.1 Å². The van der Waals surface area contributed by atoms with Gasteiger partial charge >= 0.3 is 6.03 Å². The SMILES string of the molecule is Cc1cc(C(=O)NN2C(=O)NC3(CCCCC3)C2=O)n[nH]1. The Morgan fingerprint density at radius 3 is 2.67 bits per heavy atom. The highest BCUT2D eigenvalue weighted by atomic mass is 16.2. The van der Waals surface area contributed by atoms with Gasteiger partial charge in [-0.25, -0.2) is 4.79 Å². The molecule has 3 N–H and O–H groups in total. The van der Waals surface area contributed by atoms with Crippen molar-refractivity contribution in [3.05, 3.63) is 17.5 Å². The van der Waals surface area contributed by atoms with Crippen LogP contribution in [0, 0.1) is 6.92 Å². The second-order valence-corrected chi connectivity index (χ2v) is 5.59. The van der Waals surface area contributed by atoms with Crippen LogP contribution in [0.3, 0.4) is 0 Å². The van der Waals surface area contributed by atoms with Crippen molar-refractivity contribution in [1.29, 1.82) is 0 Å². The Kier molecular flexibility index (Phi) is 3.15. The van der Waals surface area contributed by atoms with Crippen LogP contribution in [-0.2, 0) is 4.79 Å². The van der Waals surface area contributed by atoms with Gasteiger partial charge in [0.15, 0.2) is 5.69 Å². The number of H-pyrrole nitrogens is 1. The number of rotatable bonds is 2. The molecule has 1 aliphatic carbocycles. The Bertz CT molecular complexity index is 603. The normalized spacial score (nSPS) is 20.7. The summed E-state index contributed by atoms with van der Waals surface area (Å²) in [6.07, 6.45) is 4.08. The Morgan fingerprint density at radius 2 is 2.05 bits per heavy atom. The van der Waals surface area contributed by atoms with Gasteiger partial charge in [-0.05, 0) is 25.8 Å². The van der Waals surface area contributed by atoms with E-state index in [1.807, 2.05) is 0 Å². The third-order valence-corrected chi connectivity index (χ3v) is 4.02. The van der Waals surface area contributed by atoms with Crippen molar-refractivity contribution in [2.75, 3.05) is 0 Å². The van der Waals surface area contributed by atoms with Gasteiger partial charge < -0.3 is 5.32 Å². The van der Waals surface area contributed by atoms with E-state index in [0.29, 0.717) is 12.8 Å². The van der Waals surface area contributed by atoms with Crippen LogP contribution in [0.1, 0.15) is 48.3 Å². The number of urea groups is 1. The Hall–Kier alpha value is -2.38. The van der Waals surface area contributed by atoms with Crippen molar-refractivity contribution in [2.24, 2.45) is 0 Å². The average Bonchev–Trinajstić information content (AvgIpc) is 2.98. The summed E-state index contributed by atoms with van der Waals surface area (Å²) in [5.41, 5.74) is 2.35. The predicted octanol–water partition coefficient (Wildman–Crippen LogP) is 0.618. The number of aromatic nitrogens is 2. The molecule has 8 heteroatoms. The first-order valence-corrected chi connectivity index (χ1v) is 7.01. The summed E-state index contributed by atoms with van der Waals surface area (Å²) in [7, 11) is 0. The van der Waals surface area contributed by atoms with Crippen molar-refractivity contribution < 1.29 is 14.4 Å². The van der Waals surface area contributed by atoms with Crippen molar-refractivity contribution in [3.63, 3.8) is 0 Å². The van der Waals surface area contributed by atoms with Crippen LogP contribution in [0.25, 0.3) is 0 Å². The maximum atomic E-state index is 12.5. The zero-order chi connectivity index (χ0) is 15.0. The number of imide groups is 1. The molecule has 2 fully saturated rings. The molecule has 1 saturated heterocycles. The fourth-order valence-electron chi connectivity index (χ4n) is 2.91. The van der Waals surface area contributed by atoms with Crippen LogP contribution in [0.5, 0.6) is 0 Å². The van der Waals surface area contributed by atoms with Crippen molar-refractivity contribution in [1.82, 2.24) is 25.9 Å². The van der Waals surface area contributed by atoms with E-state index in [0.717, 1.165) is 30.0 Å². The number of amides is 4. The number of nitrogens with one attached hydrogen (secondary N) is 3. The van der Waals surface area contributed by atoms with E-state index in [4.69, 9.17) is 0 Å². The van der Waals surface area contributed by atoms with Crippen LogP contribution in [0.2, 0.25) is 0 Å². The summed E-state index contributed by atoms with van der Waals surface area (Å²) >= 11 is 0. The molecule has 21 heavy (non-hydrogen) atoms. The van der Waals surface area contributed by atoms with Gasteiger partial charge in [0.25, 0.3) is 11.8 Å². The van der Waals surface area contributed by atoms with Gasteiger partial charge in [-0.15, -0.1) is 0 Å². The number of carbonyl (C=O) groups excluding carboxylic acids is 3. The quantitative estimate of drug-likeness (QED) is 0.694. The highest BCUT2D eigenvalue weighted by molar-refractivity contribution is 6.09. The van der Waals surface area contributed by atoms with E-state index < -0.39 is 17.5 Å². The summed E-state index contributed by atoms with van der Waals surface area (Å²) in [5, 5.41) is 9.95. The van der Waals surface area contributed by atoms with Gasteiger partial charge in [0.05, 0.1) is 0 Å². The maximum absolute atomic E-state index is 12.5. The molecule has 8 nitrogen and oxygen atoms in total. The smallest absolute Gasteiger partial charge is 0.322 e. The Morgan fingerprint density at radius 1 is 1.33 bits per heavy atom. The lowest BCUT2D eigenvalue weighted by atomic mass is 9.82. The fourth-order valence-corrected chi connectivity index (χ4v) is 2.91. The zero-order valence-corrected chi connectivity index (χ0v) is 11.7. The first-order chi connectivity index (χ1) is 10.0. The molecule has 2 aliphatic rings. The van der Waals surface area contributed by atoms with Gasteiger partial charge in [-0.3, -0.25) is 20.1 Å². The summed E-state index contributed by atoms with van der Waals surface area (Å²) < 4.78 is 0. The van der Waals surface area contributed by atoms with Crippen molar-refractivity contribution in [3.8, 4) is 0 Å². The molecule has 0 atom stereocenters. The number of aromatic amines is 1. The van der Waals surface area contributed by atoms with Crippen molar-refractivity contribution in [2.45, 2.75) is 44.6 Å². The van der Waals surface area contributed by atoms with Crippen LogP contribution >= 0.6 is 0 Å². The summed E-state index contributed by atoms with van der Waals surface area (Å²) in [4.78, 5) is 36.5. The molecule has 1 aromatic heterocycles. The molecule has 1 aliphatic heterocycles. The van der Waals surface area contributed by atoms with E-state index in [1.54, 1.807) is 13.0 Å². The number of hydrazine groups is 1. The molecule has 2 heterocycles. The minimum absolute atomic E-state index is 0.137. The number of hydrogen-bond acceptors (Lipinski definition) is 4. The molecule has 0 unspecified atom stereocenters. The average molecular weight is 291 g/mol. The largest absolute Gasteiger partial charge is 0.344 e. The second kappa shape index (κ2) is 4.87. The Balaban J connectivity index is 1.75. The lowest BCUT2D eigenvalue weighted by molar-refractivity contribution is -0.134. The molecule has 4 amide bonds. The highest BCUT2D eigenvalue weighted by Crippen LogP contribution is 2.32. The minimum Gasteiger partial charge on any atom is -0.322 e. The predicted molar refractivity (Wildman–Crippen MR) is 72.0 cm³/mol. The summed E-state index contributed by atoms with van der Waals surface area (Å²) in [6.45, 7) is 1.76. The first kappa shape index (κ1) is 13.6. The lowest BCUT2D eigenvalue weighted by Gasteiger charge is -2.30. The molecule has 3 rings (SSSR count). The standard InChI is InChI=1S/C13H17N5O3/c1-8-7-9(16-15-8)10(19)17-18-11(20)13(14-12(18)21)5-3-2-4-6-13/h7H,2-6H2,1H3,(H,14,21)(H,15,16)(H,17,19). The van der Waals surface area contributed by atoms with E-state index in [1.165, 1.54) is 0 Å². The summed E-state index contributed by atoms with van der Waals surface area (Å²) in [5.74, 6) is -0.969. The molecular formula is C13H17N5O3. The lowest BCUT2D eigenvalue weighted by Crippen LogP contribution is -2.51. The van der Waals surface area contributed by atoms with E-state index in [9.17, 15) is 14.4 Å². The van der Waals surface area contributed by atoms with Crippen LogP contribution in [0.4, 0.5) is 4.79 Å². The van der Waals surface area contributed by atoms with Crippen molar-refractivity contribution >= 4 is 17.8 Å². The molecule has 1 spiro atoms. The second-order valence-electron chi connectivity index (χ2n) is 5.59. The first-order valence-electron chi connectivity index (χ1n) is 7.01. The molecular weight excluding hydrogens is 274 g/mol. The number of hydrogen-bond donors (Lipinski definition) is 3. The molecule has 0 aromatic carbocycles. The maximum Gasteiger partial charge on any atom is 0.344 e. The summed E-state index contributed by atoms with van der Waals surface area (Å²) in [6, 6.07) is 0.965. The molecule has 0 radical (unpaired) electrons. The van der Waals surface area contributed by atoms with Crippen LogP contribution in [0.15, 0.2) is 6.07 Å². The topological polar surface area (TPSA) is 107 Å². The van der Waals surface area contributed by atoms with Gasteiger partial charge in [0.1, 0.15) is 5.54 Å². The zero-order valence-electron chi connectivity index (χ0n) is 11.7. The molecule has 1 aromatic rings. The third-order valence-electron chi connectivity index (χ3n) is 4.02. The van der Waals surface area contributed by atoms with E-state index in [-0.39, 0.29) is 11.6 Å². The highest BCUT2D eigenvalue weighted by Gasteiger charge is 2.52. The Labute approximate surface area is 121 Å². The van der Waals surface area contributed by atoms with E-state index >= 15 is 0 Å². The fraction of sp³-hybridized carbons (Fsp3) is 0.538. The van der Waals surface area contributed by atoms with E-state index in [2.05, 4.69) is 20.9 Å². The minimum atomic E-state index is -0.843. The number of carbonyl (C=O) groups is 3.